The maximum atomic E-state index is 11.5. The van der Waals surface area contributed by atoms with Crippen molar-refractivity contribution >= 4 is 5.78 Å². The van der Waals surface area contributed by atoms with E-state index in [-0.39, 0.29) is 5.78 Å². The van der Waals surface area contributed by atoms with E-state index in [9.17, 15) is 4.79 Å². The van der Waals surface area contributed by atoms with Gasteiger partial charge < -0.3 is 5.32 Å². The van der Waals surface area contributed by atoms with Crippen molar-refractivity contribution in [3.05, 3.63) is 12.2 Å². The van der Waals surface area contributed by atoms with Crippen LogP contribution in [0.1, 0.15) is 25.6 Å². The Labute approximate surface area is 89.9 Å². The van der Waals surface area contributed by atoms with Crippen LogP contribution >= 0.6 is 0 Å². The number of carbonyl (C=O) groups excluding carboxylic acids is 1. The molecule has 1 heterocycles. The highest BCUT2D eigenvalue weighted by Gasteiger charge is 2.08. The van der Waals surface area contributed by atoms with Gasteiger partial charge in [0.2, 0.25) is 0 Å². The van der Waals surface area contributed by atoms with Crippen molar-refractivity contribution < 1.29 is 4.79 Å². The molecule has 0 saturated carbocycles. The molecule has 0 saturated heterocycles. The topological polar surface area (TPSA) is 59.8 Å². The van der Waals surface area contributed by atoms with Crippen LogP contribution in [0.2, 0.25) is 0 Å². The Kier molecular flexibility index (Phi) is 4.97. The highest BCUT2D eigenvalue weighted by atomic mass is 16.1. The summed E-state index contributed by atoms with van der Waals surface area (Å²) in [6, 6.07) is 0. The van der Waals surface area contributed by atoms with Crippen molar-refractivity contribution in [2.45, 2.75) is 32.7 Å². The first-order valence-corrected chi connectivity index (χ1v) is 5.31. The fourth-order valence-corrected chi connectivity index (χ4v) is 1.42. The number of nitrogens with zero attached hydrogens (tertiary/aromatic N) is 3. The van der Waals surface area contributed by atoms with Crippen molar-refractivity contribution in [3.8, 4) is 0 Å². The van der Waals surface area contributed by atoms with Gasteiger partial charge in [0.25, 0.3) is 0 Å². The minimum absolute atomic E-state index is 0.230. The number of carbonyl (C=O) groups is 1. The fraction of sp³-hybridized carbons (Fsp3) is 0.700. The third-order valence-corrected chi connectivity index (χ3v) is 2.23. The summed E-state index contributed by atoms with van der Waals surface area (Å²) in [6.45, 7) is 3.63. The average molecular weight is 210 g/mol. The van der Waals surface area contributed by atoms with Gasteiger partial charge in [-0.2, -0.15) is 5.10 Å². The van der Waals surface area contributed by atoms with Crippen LogP contribution in [-0.2, 0) is 17.8 Å². The first-order chi connectivity index (χ1) is 7.27. The van der Waals surface area contributed by atoms with Gasteiger partial charge in [-0.25, -0.2) is 9.67 Å². The van der Waals surface area contributed by atoms with Crippen LogP contribution < -0.4 is 5.32 Å². The van der Waals surface area contributed by atoms with Gasteiger partial charge in [0.15, 0.2) is 0 Å². The summed E-state index contributed by atoms with van der Waals surface area (Å²) in [5.74, 6) is 1.000. The van der Waals surface area contributed by atoms with Crippen LogP contribution in [-0.4, -0.2) is 34.1 Å². The summed E-state index contributed by atoms with van der Waals surface area (Å²) in [5, 5.41) is 7.04. The van der Waals surface area contributed by atoms with E-state index < -0.39 is 0 Å². The van der Waals surface area contributed by atoms with Crippen LogP contribution in [0.3, 0.4) is 0 Å². The maximum Gasteiger partial charge on any atom is 0.140 e. The standard InChI is InChI=1S/C10H18N4O/c1-3-14-10(12-8-13-14)7-9(15)5-4-6-11-2/h8,11H,3-7H2,1-2H3. The molecular weight excluding hydrogens is 192 g/mol. The number of hydrogen-bond donors (Lipinski definition) is 1. The van der Waals surface area contributed by atoms with E-state index in [4.69, 9.17) is 0 Å². The molecule has 0 amide bonds. The summed E-state index contributed by atoms with van der Waals surface area (Å²) in [5.41, 5.74) is 0. The molecule has 0 aliphatic heterocycles. The minimum atomic E-state index is 0.230. The van der Waals surface area contributed by atoms with Gasteiger partial charge in [0.1, 0.15) is 17.9 Å². The van der Waals surface area contributed by atoms with Crippen LogP contribution in [0.4, 0.5) is 0 Å². The predicted octanol–water partition coefficient (Wildman–Crippen LogP) is 0.409. The predicted molar refractivity (Wildman–Crippen MR) is 57.6 cm³/mol. The summed E-state index contributed by atoms with van der Waals surface area (Å²) < 4.78 is 1.76. The number of ketones is 1. The summed E-state index contributed by atoms with van der Waals surface area (Å²) in [7, 11) is 1.89. The van der Waals surface area contributed by atoms with E-state index in [1.165, 1.54) is 6.33 Å². The highest BCUT2D eigenvalue weighted by Crippen LogP contribution is 2.00. The van der Waals surface area contributed by atoms with Crippen molar-refractivity contribution in [1.82, 2.24) is 20.1 Å². The molecule has 0 bridgehead atoms. The molecule has 1 N–H and O–H groups in total. The monoisotopic (exact) mass is 210 g/mol. The van der Waals surface area contributed by atoms with Crippen molar-refractivity contribution in [2.24, 2.45) is 0 Å². The van der Waals surface area contributed by atoms with E-state index in [0.717, 1.165) is 25.3 Å². The van der Waals surface area contributed by atoms with Crippen molar-refractivity contribution in [2.75, 3.05) is 13.6 Å². The first kappa shape index (κ1) is 11.8. The zero-order valence-electron chi connectivity index (χ0n) is 9.36. The molecule has 1 aromatic rings. The lowest BCUT2D eigenvalue weighted by molar-refractivity contribution is -0.118. The van der Waals surface area contributed by atoms with E-state index in [1.54, 1.807) is 4.68 Å². The smallest absolute Gasteiger partial charge is 0.140 e. The molecular formula is C10H18N4O. The second-order valence-corrected chi connectivity index (χ2v) is 3.41. The number of rotatable bonds is 7. The number of Topliss-reactive ketones (excluding diaryl/α,β-unsaturated/α-hetero) is 1. The molecule has 84 valence electrons. The van der Waals surface area contributed by atoms with Crippen LogP contribution in [0.15, 0.2) is 6.33 Å². The number of aromatic nitrogens is 3. The number of nitrogens with one attached hydrogen (secondary N) is 1. The van der Waals surface area contributed by atoms with Gasteiger partial charge in [-0.15, -0.1) is 0 Å². The Hall–Kier alpha value is -1.23. The molecule has 15 heavy (non-hydrogen) atoms. The average Bonchev–Trinajstić information content (AvgIpc) is 2.65. The second-order valence-electron chi connectivity index (χ2n) is 3.41. The fourth-order valence-electron chi connectivity index (χ4n) is 1.42. The van der Waals surface area contributed by atoms with Gasteiger partial charge in [0, 0.05) is 13.0 Å². The van der Waals surface area contributed by atoms with Crippen molar-refractivity contribution in [3.63, 3.8) is 0 Å². The SMILES string of the molecule is CCn1ncnc1CC(=O)CCCNC. The largest absolute Gasteiger partial charge is 0.320 e. The van der Waals surface area contributed by atoms with E-state index in [0.29, 0.717) is 12.8 Å². The molecule has 0 radical (unpaired) electrons. The second kappa shape index (κ2) is 6.29. The lowest BCUT2D eigenvalue weighted by atomic mass is 10.1. The molecule has 0 aliphatic carbocycles. The molecule has 1 rings (SSSR count). The molecule has 1 aromatic heterocycles. The first-order valence-electron chi connectivity index (χ1n) is 5.31. The van der Waals surface area contributed by atoms with E-state index in [1.807, 2.05) is 14.0 Å². The Balaban J connectivity index is 2.37. The number of hydrogen-bond acceptors (Lipinski definition) is 4. The Morgan fingerprint density at radius 2 is 2.40 bits per heavy atom. The van der Waals surface area contributed by atoms with E-state index in [2.05, 4.69) is 15.4 Å². The Morgan fingerprint density at radius 1 is 1.60 bits per heavy atom. The lowest BCUT2D eigenvalue weighted by Gasteiger charge is -2.02. The van der Waals surface area contributed by atoms with Gasteiger partial charge in [-0.3, -0.25) is 4.79 Å². The Bertz CT molecular complexity index is 308. The van der Waals surface area contributed by atoms with Crippen molar-refractivity contribution in [1.29, 1.82) is 0 Å². The van der Waals surface area contributed by atoms with Crippen LogP contribution in [0.5, 0.6) is 0 Å². The van der Waals surface area contributed by atoms with Gasteiger partial charge in [-0.05, 0) is 26.9 Å². The molecule has 5 heteroatoms. The quantitative estimate of drug-likeness (QED) is 0.662. The Morgan fingerprint density at radius 3 is 3.07 bits per heavy atom. The molecule has 0 aliphatic rings. The summed E-state index contributed by atoms with van der Waals surface area (Å²) >= 11 is 0. The van der Waals surface area contributed by atoms with Gasteiger partial charge in [0.05, 0.1) is 6.42 Å². The lowest BCUT2D eigenvalue weighted by Crippen LogP contribution is -2.13. The molecule has 0 aromatic carbocycles. The minimum Gasteiger partial charge on any atom is -0.320 e. The van der Waals surface area contributed by atoms with Gasteiger partial charge in [-0.1, -0.05) is 0 Å². The zero-order valence-corrected chi connectivity index (χ0v) is 9.36. The normalized spacial score (nSPS) is 10.5. The van der Waals surface area contributed by atoms with Crippen LogP contribution in [0, 0.1) is 0 Å². The number of aryl methyl sites for hydroxylation is 1. The maximum absolute atomic E-state index is 11.5. The molecule has 0 fully saturated rings. The molecule has 0 atom stereocenters. The molecule has 0 unspecified atom stereocenters. The third kappa shape index (κ3) is 3.79. The third-order valence-electron chi connectivity index (χ3n) is 2.23. The summed E-state index contributed by atoms with van der Waals surface area (Å²) in [6.07, 6.45) is 3.39. The van der Waals surface area contributed by atoms with Crippen LogP contribution in [0.25, 0.3) is 0 Å². The molecule has 0 spiro atoms. The zero-order chi connectivity index (χ0) is 11.1. The highest BCUT2D eigenvalue weighted by molar-refractivity contribution is 5.80. The van der Waals surface area contributed by atoms with E-state index >= 15 is 0 Å². The van der Waals surface area contributed by atoms with Gasteiger partial charge >= 0.3 is 0 Å². The summed E-state index contributed by atoms with van der Waals surface area (Å²) in [4.78, 5) is 15.6. The molecule has 5 nitrogen and oxygen atoms in total.